The van der Waals surface area contributed by atoms with Gasteiger partial charge in [-0.25, -0.2) is 4.79 Å². The lowest BCUT2D eigenvalue weighted by molar-refractivity contribution is -0.138. The highest BCUT2D eigenvalue weighted by Gasteiger charge is 2.43. The number of ether oxygens (including phenoxy) is 3. The smallest absolute Gasteiger partial charge is 0.336 e. The number of rotatable bonds is 7. The molecule has 38 heavy (non-hydrogen) atoms. The van der Waals surface area contributed by atoms with Crippen LogP contribution in [0, 0.1) is 11.3 Å². The zero-order valence-electron chi connectivity index (χ0n) is 21.3. The fraction of sp³-hybridized carbons (Fsp3) is 0.194. The Labute approximate surface area is 221 Å². The quantitative estimate of drug-likeness (QED) is 0.436. The maximum atomic E-state index is 13.6. The third kappa shape index (κ3) is 4.20. The van der Waals surface area contributed by atoms with Crippen molar-refractivity contribution < 1.29 is 23.8 Å². The highest BCUT2D eigenvalue weighted by Crippen LogP contribution is 2.48. The zero-order chi connectivity index (χ0) is 26.8. The number of carbonyl (C=O) groups excluding carboxylic acids is 2. The molecule has 2 aliphatic rings. The summed E-state index contributed by atoms with van der Waals surface area (Å²) in [5, 5.41) is 12.7. The Hall–Kier alpha value is -4.83. The van der Waals surface area contributed by atoms with E-state index in [0.29, 0.717) is 50.7 Å². The molecule has 7 nitrogen and oxygen atoms in total. The lowest BCUT2D eigenvalue weighted by atomic mass is 9.79. The maximum Gasteiger partial charge on any atom is 0.336 e. The SMILES string of the molecule is CCOC(=O)C1=C(C)NC2=C(C(=O)c3ccccc32)[C@H]1c1ccc(OCc2ccccc2C#N)c(OC)c1. The van der Waals surface area contributed by atoms with E-state index >= 15 is 0 Å². The van der Waals surface area contributed by atoms with Crippen LogP contribution < -0.4 is 14.8 Å². The molecule has 0 saturated heterocycles. The van der Waals surface area contributed by atoms with Gasteiger partial charge in [0.2, 0.25) is 0 Å². The van der Waals surface area contributed by atoms with Crippen molar-refractivity contribution in [3.63, 3.8) is 0 Å². The topological polar surface area (TPSA) is 97.6 Å². The van der Waals surface area contributed by atoms with Crippen LogP contribution in [0.4, 0.5) is 0 Å². The van der Waals surface area contributed by atoms with Crippen LogP contribution in [0.1, 0.15) is 52.4 Å². The van der Waals surface area contributed by atoms with Crippen LogP contribution in [-0.2, 0) is 16.1 Å². The Morgan fingerprint density at radius 1 is 1.03 bits per heavy atom. The van der Waals surface area contributed by atoms with E-state index in [-0.39, 0.29) is 19.0 Å². The normalized spacial score (nSPS) is 15.8. The number of esters is 1. The van der Waals surface area contributed by atoms with Gasteiger partial charge in [0.05, 0.1) is 36.6 Å². The number of Topliss-reactive ketones (excluding diaryl/α,β-unsaturated/α-hetero) is 1. The summed E-state index contributed by atoms with van der Waals surface area (Å²) in [5.41, 5.74) is 5.60. The second kappa shape index (κ2) is 10.3. The number of hydrogen-bond acceptors (Lipinski definition) is 7. The molecule has 3 aromatic carbocycles. The van der Waals surface area contributed by atoms with Gasteiger partial charge in [0.25, 0.3) is 0 Å². The molecule has 0 unspecified atom stereocenters. The van der Waals surface area contributed by atoms with Gasteiger partial charge in [0, 0.05) is 33.9 Å². The number of dihydropyridines is 1. The van der Waals surface area contributed by atoms with E-state index in [1.807, 2.05) is 43.3 Å². The largest absolute Gasteiger partial charge is 0.493 e. The molecule has 190 valence electrons. The van der Waals surface area contributed by atoms with Crippen molar-refractivity contribution in [1.82, 2.24) is 5.32 Å². The summed E-state index contributed by atoms with van der Waals surface area (Å²) in [6.45, 7) is 3.96. The van der Waals surface area contributed by atoms with Crippen LogP contribution in [-0.4, -0.2) is 25.5 Å². The monoisotopic (exact) mass is 506 g/mol. The van der Waals surface area contributed by atoms with Crippen LogP contribution in [0.5, 0.6) is 11.5 Å². The number of ketones is 1. The number of methoxy groups -OCH3 is 1. The maximum absolute atomic E-state index is 13.6. The van der Waals surface area contributed by atoms with Gasteiger partial charge < -0.3 is 19.5 Å². The van der Waals surface area contributed by atoms with Gasteiger partial charge in [-0.15, -0.1) is 0 Å². The first-order valence-electron chi connectivity index (χ1n) is 12.3. The van der Waals surface area contributed by atoms with Gasteiger partial charge in [-0.3, -0.25) is 4.79 Å². The summed E-state index contributed by atoms with van der Waals surface area (Å²) in [5.74, 6) is -0.347. The minimum Gasteiger partial charge on any atom is -0.493 e. The molecule has 3 aromatic rings. The van der Waals surface area contributed by atoms with Gasteiger partial charge in [0.15, 0.2) is 17.3 Å². The molecule has 0 bridgehead atoms. The number of fused-ring (bicyclic) bond motifs is 2. The summed E-state index contributed by atoms with van der Waals surface area (Å²) < 4.78 is 17.1. The molecule has 0 amide bonds. The molecule has 1 aliphatic heterocycles. The van der Waals surface area contributed by atoms with Crippen molar-refractivity contribution in [2.75, 3.05) is 13.7 Å². The van der Waals surface area contributed by atoms with Crippen molar-refractivity contribution >= 4 is 17.4 Å². The van der Waals surface area contributed by atoms with Gasteiger partial charge in [-0.2, -0.15) is 5.26 Å². The summed E-state index contributed by atoms with van der Waals surface area (Å²) in [6.07, 6.45) is 0. The Morgan fingerprint density at radius 2 is 1.76 bits per heavy atom. The summed E-state index contributed by atoms with van der Waals surface area (Å²) in [6, 6.07) is 22.2. The second-order valence-electron chi connectivity index (χ2n) is 8.95. The third-order valence-corrected chi connectivity index (χ3v) is 6.79. The molecule has 1 heterocycles. The molecular weight excluding hydrogens is 480 g/mol. The van der Waals surface area contributed by atoms with Gasteiger partial charge in [0.1, 0.15) is 6.61 Å². The van der Waals surface area contributed by atoms with Crippen LogP contribution in [0.15, 0.2) is 83.6 Å². The van der Waals surface area contributed by atoms with Crippen molar-refractivity contribution in [2.45, 2.75) is 26.4 Å². The van der Waals surface area contributed by atoms with Crippen molar-refractivity contribution in [1.29, 1.82) is 5.26 Å². The molecule has 1 atom stereocenters. The third-order valence-electron chi connectivity index (χ3n) is 6.79. The van der Waals surface area contributed by atoms with Crippen molar-refractivity contribution in [2.24, 2.45) is 0 Å². The number of benzene rings is 3. The molecule has 7 heteroatoms. The molecule has 0 spiro atoms. The number of nitriles is 1. The van der Waals surface area contributed by atoms with E-state index in [1.54, 1.807) is 37.3 Å². The summed E-state index contributed by atoms with van der Waals surface area (Å²) >= 11 is 0. The molecule has 0 aromatic heterocycles. The first kappa shape index (κ1) is 24.8. The highest BCUT2D eigenvalue weighted by atomic mass is 16.5. The number of hydrogen-bond donors (Lipinski definition) is 1. The van der Waals surface area contributed by atoms with Crippen LogP contribution >= 0.6 is 0 Å². The standard InChI is InChI=1S/C31H26N2O5/c1-4-37-31(35)26-18(2)33-29-22-11-7-8-12-23(22)30(34)28(29)27(26)19-13-14-24(25(15-19)36-3)38-17-21-10-6-5-9-20(21)16-32/h5-15,27,33H,4,17H2,1-3H3/t27-/m0/s1. The number of nitrogens with one attached hydrogen (secondary N) is 1. The van der Waals surface area contributed by atoms with Gasteiger partial charge in [-0.05, 0) is 37.6 Å². The molecule has 5 rings (SSSR count). The van der Waals surface area contributed by atoms with E-state index < -0.39 is 11.9 Å². The number of carbonyl (C=O) groups is 2. The predicted molar refractivity (Wildman–Crippen MR) is 141 cm³/mol. The van der Waals surface area contributed by atoms with E-state index in [9.17, 15) is 14.9 Å². The Bertz CT molecular complexity index is 1560. The molecule has 1 aliphatic carbocycles. The first-order valence-corrected chi connectivity index (χ1v) is 12.3. The van der Waals surface area contributed by atoms with Crippen molar-refractivity contribution in [3.8, 4) is 17.6 Å². The summed E-state index contributed by atoms with van der Waals surface area (Å²) in [7, 11) is 1.53. The number of allylic oxidation sites excluding steroid dienone is 2. The van der Waals surface area contributed by atoms with Gasteiger partial charge >= 0.3 is 5.97 Å². The van der Waals surface area contributed by atoms with Crippen LogP contribution in [0.3, 0.4) is 0 Å². The molecular formula is C31H26N2O5. The average molecular weight is 507 g/mol. The molecule has 0 fully saturated rings. The van der Waals surface area contributed by atoms with Crippen molar-refractivity contribution in [3.05, 3.63) is 111 Å². The number of nitrogens with zero attached hydrogens (tertiary/aromatic N) is 1. The Kier molecular flexibility index (Phi) is 6.71. The highest BCUT2D eigenvalue weighted by molar-refractivity contribution is 6.23. The Morgan fingerprint density at radius 3 is 2.50 bits per heavy atom. The lowest BCUT2D eigenvalue weighted by Gasteiger charge is -2.29. The van der Waals surface area contributed by atoms with Crippen LogP contribution in [0.2, 0.25) is 0 Å². The second-order valence-corrected chi connectivity index (χ2v) is 8.95. The predicted octanol–water partition coefficient (Wildman–Crippen LogP) is 5.28. The fourth-order valence-electron chi connectivity index (χ4n) is 5.04. The van der Waals surface area contributed by atoms with E-state index in [1.165, 1.54) is 7.11 Å². The van der Waals surface area contributed by atoms with Crippen LogP contribution in [0.25, 0.3) is 5.70 Å². The lowest BCUT2D eigenvalue weighted by Crippen LogP contribution is -2.29. The van der Waals surface area contributed by atoms with E-state index in [2.05, 4.69) is 11.4 Å². The average Bonchev–Trinajstić information content (AvgIpc) is 3.22. The molecule has 1 N–H and O–H groups in total. The molecule has 0 radical (unpaired) electrons. The summed E-state index contributed by atoms with van der Waals surface area (Å²) in [4.78, 5) is 26.8. The first-order chi connectivity index (χ1) is 18.5. The minimum absolute atomic E-state index is 0.130. The fourth-order valence-corrected chi connectivity index (χ4v) is 5.04. The van der Waals surface area contributed by atoms with E-state index in [0.717, 1.165) is 11.1 Å². The molecule has 0 saturated carbocycles. The van der Waals surface area contributed by atoms with E-state index in [4.69, 9.17) is 14.2 Å². The minimum atomic E-state index is -0.660. The van der Waals surface area contributed by atoms with Gasteiger partial charge in [-0.1, -0.05) is 48.5 Å². The zero-order valence-corrected chi connectivity index (χ0v) is 21.3. The Balaban J connectivity index is 1.57.